The Labute approximate surface area is 149 Å². The smallest absolute Gasteiger partial charge is 0.200 e. The predicted molar refractivity (Wildman–Crippen MR) is 89.8 cm³/mol. The van der Waals surface area contributed by atoms with E-state index in [0.29, 0.717) is 36.8 Å². The molecule has 0 N–H and O–H groups in total. The number of halogens is 4. The van der Waals surface area contributed by atoms with Crippen molar-refractivity contribution >= 4 is 0 Å². The molecule has 0 atom stereocenters. The van der Waals surface area contributed by atoms with Gasteiger partial charge in [-0.05, 0) is 60.8 Å². The van der Waals surface area contributed by atoms with Gasteiger partial charge in [-0.25, -0.2) is 8.78 Å². The summed E-state index contributed by atoms with van der Waals surface area (Å²) in [4.78, 5) is 0. The topological polar surface area (TPSA) is 18.5 Å². The SMILES string of the molecule is COc1ccc(C2CCC(c3ccc(OC)c(F)c3F)CC2)c(F)c1F. The van der Waals surface area contributed by atoms with Crippen LogP contribution in [0.3, 0.4) is 0 Å². The molecule has 3 rings (SSSR count). The van der Waals surface area contributed by atoms with Crippen LogP contribution in [0.1, 0.15) is 48.6 Å². The lowest BCUT2D eigenvalue weighted by atomic mass is 9.76. The van der Waals surface area contributed by atoms with Crippen LogP contribution in [0.25, 0.3) is 0 Å². The van der Waals surface area contributed by atoms with E-state index in [1.807, 2.05) is 0 Å². The van der Waals surface area contributed by atoms with E-state index >= 15 is 0 Å². The van der Waals surface area contributed by atoms with E-state index in [0.717, 1.165) is 0 Å². The summed E-state index contributed by atoms with van der Waals surface area (Å²) in [6.07, 6.45) is 2.28. The summed E-state index contributed by atoms with van der Waals surface area (Å²) in [6, 6.07) is 5.91. The molecule has 1 fully saturated rings. The van der Waals surface area contributed by atoms with E-state index in [-0.39, 0.29) is 23.3 Å². The molecule has 0 heterocycles. The summed E-state index contributed by atoms with van der Waals surface area (Å²) < 4.78 is 66.0. The highest BCUT2D eigenvalue weighted by molar-refractivity contribution is 5.35. The molecule has 26 heavy (non-hydrogen) atoms. The van der Waals surface area contributed by atoms with Crippen molar-refractivity contribution in [1.82, 2.24) is 0 Å². The normalized spacial score (nSPS) is 20.1. The summed E-state index contributed by atoms with van der Waals surface area (Å²) in [6.45, 7) is 0. The minimum atomic E-state index is -0.990. The standard InChI is InChI=1S/C20H20F4O2/c1-25-15-9-7-13(17(21)19(15)23)11-3-5-12(6-4-11)14-8-10-16(26-2)20(24)18(14)22/h7-12H,3-6H2,1-2H3. The lowest BCUT2D eigenvalue weighted by molar-refractivity contribution is 0.347. The first-order valence-electron chi connectivity index (χ1n) is 8.51. The largest absolute Gasteiger partial charge is 0.494 e. The third-order valence-electron chi connectivity index (χ3n) is 5.20. The fraction of sp³-hybridized carbons (Fsp3) is 0.400. The summed E-state index contributed by atoms with van der Waals surface area (Å²) in [5.41, 5.74) is 0.617. The molecule has 1 aliphatic carbocycles. The van der Waals surface area contributed by atoms with Crippen LogP contribution < -0.4 is 9.47 Å². The Hall–Kier alpha value is -2.24. The van der Waals surface area contributed by atoms with E-state index in [2.05, 4.69) is 0 Å². The van der Waals surface area contributed by atoms with Crippen molar-refractivity contribution in [1.29, 1.82) is 0 Å². The van der Waals surface area contributed by atoms with Gasteiger partial charge in [0, 0.05) is 0 Å². The lowest BCUT2D eigenvalue weighted by Gasteiger charge is -2.29. The molecular formula is C20H20F4O2. The van der Waals surface area contributed by atoms with E-state index < -0.39 is 23.3 Å². The van der Waals surface area contributed by atoms with Gasteiger partial charge in [0.05, 0.1) is 14.2 Å². The maximum Gasteiger partial charge on any atom is 0.200 e. The third-order valence-corrected chi connectivity index (χ3v) is 5.20. The minimum absolute atomic E-state index is 0.129. The zero-order valence-corrected chi connectivity index (χ0v) is 14.6. The maximum absolute atomic E-state index is 14.3. The molecule has 0 aromatic heterocycles. The predicted octanol–water partition coefficient (Wildman–Crippen LogP) is 5.70. The second-order valence-electron chi connectivity index (χ2n) is 6.52. The van der Waals surface area contributed by atoms with Crippen LogP contribution in [0, 0.1) is 23.3 Å². The molecular weight excluding hydrogens is 348 g/mol. The first kappa shape index (κ1) is 18.5. The number of ether oxygens (including phenoxy) is 2. The van der Waals surface area contributed by atoms with Crippen LogP contribution >= 0.6 is 0 Å². The number of rotatable bonds is 4. The highest BCUT2D eigenvalue weighted by Gasteiger charge is 2.29. The highest BCUT2D eigenvalue weighted by Crippen LogP contribution is 2.43. The molecule has 2 aromatic rings. The van der Waals surface area contributed by atoms with Gasteiger partial charge >= 0.3 is 0 Å². The van der Waals surface area contributed by atoms with Crippen LogP contribution in [0.5, 0.6) is 11.5 Å². The average Bonchev–Trinajstić information content (AvgIpc) is 2.66. The van der Waals surface area contributed by atoms with Gasteiger partial charge in [-0.2, -0.15) is 8.78 Å². The van der Waals surface area contributed by atoms with E-state index in [9.17, 15) is 17.6 Å². The average molecular weight is 368 g/mol. The van der Waals surface area contributed by atoms with Gasteiger partial charge in [0.25, 0.3) is 0 Å². The van der Waals surface area contributed by atoms with E-state index in [4.69, 9.17) is 9.47 Å². The third kappa shape index (κ3) is 3.24. The van der Waals surface area contributed by atoms with Crippen molar-refractivity contribution in [2.75, 3.05) is 14.2 Å². The maximum atomic E-state index is 14.3. The monoisotopic (exact) mass is 368 g/mol. The van der Waals surface area contributed by atoms with Crippen molar-refractivity contribution in [3.05, 3.63) is 58.7 Å². The Morgan fingerprint density at radius 1 is 0.615 bits per heavy atom. The van der Waals surface area contributed by atoms with Gasteiger partial charge in [0.1, 0.15) is 0 Å². The van der Waals surface area contributed by atoms with Gasteiger partial charge in [-0.3, -0.25) is 0 Å². The Bertz CT molecular complexity index is 731. The molecule has 0 saturated heterocycles. The molecule has 0 aliphatic heterocycles. The van der Waals surface area contributed by atoms with Crippen LogP contribution in [-0.4, -0.2) is 14.2 Å². The molecule has 0 radical (unpaired) electrons. The zero-order valence-electron chi connectivity index (χ0n) is 14.6. The summed E-state index contributed by atoms with van der Waals surface area (Å²) >= 11 is 0. The minimum Gasteiger partial charge on any atom is -0.494 e. The van der Waals surface area contributed by atoms with Gasteiger partial charge < -0.3 is 9.47 Å². The molecule has 2 nitrogen and oxygen atoms in total. The number of hydrogen-bond donors (Lipinski definition) is 0. The van der Waals surface area contributed by atoms with Gasteiger partial charge in [0.2, 0.25) is 11.6 Å². The Morgan fingerprint density at radius 3 is 1.27 bits per heavy atom. The summed E-state index contributed by atoms with van der Waals surface area (Å²) in [7, 11) is 2.57. The van der Waals surface area contributed by atoms with Gasteiger partial charge in [-0.1, -0.05) is 12.1 Å². The Kier molecular flexibility index (Phi) is 5.39. The summed E-state index contributed by atoms with van der Waals surface area (Å²) in [5, 5.41) is 0. The van der Waals surface area contributed by atoms with Crippen molar-refractivity contribution in [2.45, 2.75) is 37.5 Å². The highest BCUT2D eigenvalue weighted by atomic mass is 19.2. The van der Waals surface area contributed by atoms with E-state index in [1.165, 1.54) is 38.5 Å². The first-order valence-corrected chi connectivity index (χ1v) is 8.51. The Balaban J connectivity index is 1.76. The van der Waals surface area contributed by atoms with E-state index in [1.54, 1.807) is 0 Å². The van der Waals surface area contributed by atoms with Crippen molar-refractivity contribution in [3.63, 3.8) is 0 Å². The van der Waals surface area contributed by atoms with Crippen LogP contribution in [0.2, 0.25) is 0 Å². The van der Waals surface area contributed by atoms with Crippen LogP contribution in [0.15, 0.2) is 24.3 Å². The van der Waals surface area contributed by atoms with Crippen molar-refractivity contribution in [3.8, 4) is 11.5 Å². The van der Waals surface area contributed by atoms with Crippen LogP contribution in [-0.2, 0) is 0 Å². The molecule has 1 saturated carbocycles. The zero-order chi connectivity index (χ0) is 18.8. The molecule has 2 aromatic carbocycles. The molecule has 0 bridgehead atoms. The molecule has 1 aliphatic rings. The number of benzene rings is 2. The molecule has 6 heteroatoms. The second-order valence-corrected chi connectivity index (χ2v) is 6.52. The molecule has 140 valence electrons. The fourth-order valence-electron chi connectivity index (χ4n) is 3.75. The van der Waals surface area contributed by atoms with Gasteiger partial charge in [0.15, 0.2) is 23.1 Å². The fourth-order valence-corrected chi connectivity index (χ4v) is 3.75. The number of methoxy groups -OCH3 is 2. The quantitative estimate of drug-likeness (QED) is 0.645. The molecule has 0 amide bonds. The first-order chi connectivity index (χ1) is 12.5. The second kappa shape index (κ2) is 7.56. The van der Waals surface area contributed by atoms with Crippen molar-refractivity contribution in [2.24, 2.45) is 0 Å². The molecule has 0 unspecified atom stereocenters. The van der Waals surface area contributed by atoms with Crippen LogP contribution in [0.4, 0.5) is 17.6 Å². The lowest BCUT2D eigenvalue weighted by Crippen LogP contribution is -2.15. The summed E-state index contributed by atoms with van der Waals surface area (Å²) in [5.74, 6) is -4.34. The van der Waals surface area contributed by atoms with Crippen molar-refractivity contribution < 1.29 is 27.0 Å². The number of hydrogen-bond acceptors (Lipinski definition) is 2. The Morgan fingerprint density at radius 2 is 0.962 bits per heavy atom. The van der Waals surface area contributed by atoms with Gasteiger partial charge in [-0.15, -0.1) is 0 Å². The molecule has 0 spiro atoms.